The molecule has 0 amide bonds. The average Bonchev–Trinajstić information content (AvgIpc) is 3.07. The van der Waals surface area contributed by atoms with Crippen molar-refractivity contribution in [3.05, 3.63) is 133 Å². The van der Waals surface area contributed by atoms with Gasteiger partial charge in [0.15, 0.2) is 24.8 Å². The Kier molecular flexibility index (Phi) is 13.9. The lowest BCUT2D eigenvalue weighted by atomic mass is 9.75. The van der Waals surface area contributed by atoms with Crippen molar-refractivity contribution in [2.75, 3.05) is 5.75 Å². The van der Waals surface area contributed by atoms with Gasteiger partial charge in [0.05, 0.1) is 10.1 Å². The molecule has 46 heavy (non-hydrogen) atoms. The van der Waals surface area contributed by atoms with E-state index in [1.165, 1.54) is 22.3 Å². The molecule has 4 aromatic rings. The first kappa shape index (κ1) is 35.4. The minimum atomic E-state index is -4.20. The van der Waals surface area contributed by atoms with Crippen LogP contribution in [0.4, 0.5) is 0 Å². The molecule has 6 nitrogen and oxygen atoms in total. The Balaban J connectivity index is 1.59. The van der Waals surface area contributed by atoms with Gasteiger partial charge in [0.25, 0.3) is 0 Å². The summed E-state index contributed by atoms with van der Waals surface area (Å²) in [4.78, 5) is 4.32. The zero-order chi connectivity index (χ0) is 32.8. The maximum Gasteiger partial charge on any atom is 0.169 e. The van der Waals surface area contributed by atoms with E-state index < -0.39 is 10.1 Å². The average molecular weight is 641 g/mol. The molecule has 4 unspecified atom stereocenters. The van der Waals surface area contributed by atoms with Gasteiger partial charge in [-0.3, -0.25) is 4.98 Å². The lowest BCUT2D eigenvalue weighted by molar-refractivity contribution is -0.697. The van der Waals surface area contributed by atoms with E-state index in [0.717, 1.165) is 51.5 Å². The van der Waals surface area contributed by atoms with Crippen molar-refractivity contribution in [1.82, 2.24) is 4.98 Å². The predicted molar refractivity (Wildman–Crippen MR) is 182 cm³/mol. The number of rotatable bonds is 19. The number of nitrogens with zero attached hydrogens (tertiary/aromatic N) is 3. The summed E-state index contributed by atoms with van der Waals surface area (Å²) in [7, 11) is -4.20. The second-order valence-corrected chi connectivity index (χ2v) is 14.2. The van der Waals surface area contributed by atoms with Crippen LogP contribution >= 0.6 is 0 Å². The van der Waals surface area contributed by atoms with Gasteiger partial charge < -0.3 is 4.55 Å². The van der Waals surface area contributed by atoms with Crippen LogP contribution in [0.25, 0.3) is 0 Å². The fourth-order valence-corrected chi connectivity index (χ4v) is 7.07. The summed E-state index contributed by atoms with van der Waals surface area (Å²) >= 11 is 0. The lowest BCUT2D eigenvalue weighted by Gasteiger charge is -2.29. The van der Waals surface area contributed by atoms with Crippen LogP contribution in [0.5, 0.6) is 0 Å². The van der Waals surface area contributed by atoms with E-state index >= 15 is 0 Å². The molecule has 3 heterocycles. The Bertz CT molecular complexity index is 1530. The van der Waals surface area contributed by atoms with Crippen LogP contribution in [0.2, 0.25) is 0 Å². The molecule has 0 aliphatic heterocycles. The summed E-state index contributed by atoms with van der Waals surface area (Å²) in [5.74, 6) is 1.16. The quantitative estimate of drug-likeness (QED) is 0.0604. The first-order valence-electron chi connectivity index (χ1n) is 16.8. The normalized spacial score (nSPS) is 14.4. The Hall–Kier alpha value is -3.42. The van der Waals surface area contributed by atoms with Gasteiger partial charge in [0, 0.05) is 55.3 Å². The molecular weight excluding hydrogens is 591 g/mol. The van der Waals surface area contributed by atoms with Crippen molar-refractivity contribution < 1.29 is 22.1 Å². The third-order valence-corrected chi connectivity index (χ3v) is 10.1. The molecule has 2 radical (unpaired) electrons. The summed E-state index contributed by atoms with van der Waals surface area (Å²) in [5, 5.41) is 0. The van der Waals surface area contributed by atoms with Crippen molar-refractivity contribution in [2.45, 2.75) is 102 Å². The second kappa shape index (κ2) is 18.1. The Morgan fingerprint density at radius 1 is 0.696 bits per heavy atom. The minimum absolute atomic E-state index is 0.313. The molecular formula is C39H50N3O3S+. The summed E-state index contributed by atoms with van der Waals surface area (Å²) in [6.45, 7) is 11.8. The van der Waals surface area contributed by atoms with Gasteiger partial charge in [-0.05, 0) is 104 Å². The van der Waals surface area contributed by atoms with Crippen LogP contribution in [0.15, 0.2) is 104 Å². The number of unbranched alkanes of at least 4 members (excludes halogenated alkanes) is 2. The Morgan fingerprint density at radius 2 is 1.22 bits per heavy atom. The summed E-state index contributed by atoms with van der Waals surface area (Å²) in [5.41, 5.74) is 5.36. The van der Waals surface area contributed by atoms with Crippen LogP contribution in [0.3, 0.4) is 0 Å². The van der Waals surface area contributed by atoms with Crippen LogP contribution < -0.4 is 9.13 Å². The first-order valence-corrected chi connectivity index (χ1v) is 18.4. The molecule has 0 fully saturated rings. The lowest BCUT2D eigenvalue weighted by Crippen LogP contribution is -2.33. The predicted octanol–water partition coefficient (Wildman–Crippen LogP) is 7.51. The van der Waals surface area contributed by atoms with Gasteiger partial charge in [0.1, 0.15) is 13.1 Å². The van der Waals surface area contributed by atoms with Gasteiger partial charge >= 0.3 is 0 Å². The summed E-state index contributed by atoms with van der Waals surface area (Å²) in [6, 6.07) is 24.1. The zero-order valence-electron chi connectivity index (χ0n) is 27.5. The molecule has 4 rings (SSSR count). The molecule has 0 N–H and O–H groups in total. The second-order valence-electron chi connectivity index (χ2n) is 12.6. The van der Waals surface area contributed by atoms with Crippen molar-refractivity contribution >= 4 is 10.1 Å². The Morgan fingerprint density at radius 3 is 1.78 bits per heavy atom. The zero-order valence-corrected chi connectivity index (χ0v) is 28.3. The maximum absolute atomic E-state index is 11.0. The highest BCUT2D eigenvalue weighted by Gasteiger charge is 2.26. The highest BCUT2D eigenvalue weighted by molar-refractivity contribution is 7.85. The summed E-state index contributed by atoms with van der Waals surface area (Å²) < 4.78 is 37.3. The van der Waals surface area contributed by atoms with Crippen molar-refractivity contribution in [3.63, 3.8) is 0 Å². The SMILES string of the molecule is [CH]CCCC[n+]1ccc(C(CC(CC)c2cc[n+](CCCS(=O)(=O)[O-])cc2)CC(CC(C)c2ccccc2)c2ccncc2)cc1. The highest BCUT2D eigenvalue weighted by Crippen LogP contribution is 2.41. The highest BCUT2D eigenvalue weighted by atomic mass is 32.2. The number of benzene rings is 1. The number of aryl methyl sites for hydroxylation is 2. The first-order chi connectivity index (χ1) is 22.3. The fraction of sp³-hybridized carbons (Fsp3) is 0.436. The maximum atomic E-state index is 11.0. The molecule has 0 saturated heterocycles. The molecule has 1 aromatic carbocycles. The standard InChI is InChI=1S/C39H50N3O3S/c1-4-6-10-22-41-26-18-37(19-27-41)39(30-33(5-2)36-16-24-42(25-17-36)23-11-28-46(43,44)45)31-38(35-14-20-40-21-15-35)29-32(3)34-12-8-7-9-13-34/h1,7-9,12-21,24-27,32-33,38-39H,4-6,10-11,22-23,28-31H2,2-3H3/q+1. The molecule has 244 valence electrons. The van der Waals surface area contributed by atoms with E-state index in [2.05, 4.69) is 103 Å². The van der Waals surface area contributed by atoms with Crippen molar-refractivity contribution in [2.24, 2.45) is 0 Å². The molecule has 0 saturated carbocycles. The number of hydrogen-bond acceptors (Lipinski definition) is 4. The fourth-order valence-electron chi connectivity index (χ4n) is 6.58. The van der Waals surface area contributed by atoms with E-state index in [0.29, 0.717) is 36.6 Å². The number of pyridine rings is 3. The molecule has 0 aliphatic carbocycles. The van der Waals surface area contributed by atoms with E-state index in [1.807, 2.05) is 29.4 Å². The van der Waals surface area contributed by atoms with Gasteiger partial charge in [-0.2, -0.15) is 0 Å². The topological polar surface area (TPSA) is 77.8 Å². The molecule has 0 bridgehead atoms. The third-order valence-electron chi connectivity index (χ3n) is 9.27. The molecule has 7 heteroatoms. The molecule has 0 aliphatic rings. The van der Waals surface area contributed by atoms with Crippen LogP contribution in [0, 0.1) is 6.92 Å². The van der Waals surface area contributed by atoms with Crippen molar-refractivity contribution in [3.8, 4) is 0 Å². The van der Waals surface area contributed by atoms with E-state index in [1.54, 1.807) is 0 Å². The van der Waals surface area contributed by atoms with Crippen LogP contribution in [-0.2, 0) is 23.2 Å². The number of hydrogen-bond donors (Lipinski definition) is 0. The van der Waals surface area contributed by atoms with E-state index in [-0.39, 0.29) is 5.75 Å². The minimum Gasteiger partial charge on any atom is -0.748 e. The van der Waals surface area contributed by atoms with Crippen molar-refractivity contribution in [1.29, 1.82) is 0 Å². The van der Waals surface area contributed by atoms with E-state index in [9.17, 15) is 13.0 Å². The monoisotopic (exact) mass is 640 g/mol. The molecule has 4 atom stereocenters. The van der Waals surface area contributed by atoms with E-state index in [4.69, 9.17) is 6.92 Å². The van der Waals surface area contributed by atoms with Gasteiger partial charge in [-0.15, -0.1) is 0 Å². The summed E-state index contributed by atoms with van der Waals surface area (Å²) in [6.07, 6.45) is 19.6. The van der Waals surface area contributed by atoms with Crippen LogP contribution in [-0.4, -0.2) is 23.7 Å². The Labute approximate surface area is 277 Å². The van der Waals surface area contributed by atoms with Crippen LogP contribution in [0.1, 0.15) is 111 Å². The molecule has 0 spiro atoms. The third kappa shape index (κ3) is 11.4. The largest absolute Gasteiger partial charge is 0.748 e. The smallest absolute Gasteiger partial charge is 0.169 e. The van der Waals surface area contributed by atoms with Gasteiger partial charge in [0.2, 0.25) is 0 Å². The van der Waals surface area contributed by atoms with Gasteiger partial charge in [-0.25, -0.2) is 17.6 Å². The number of aromatic nitrogens is 3. The molecule has 3 aromatic heterocycles. The van der Waals surface area contributed by atoms with Gasteiger partial charge in [-0.1, -0.05) is 44.2 Å².